The number of pyridine rings is 1. The highest BCUT2D eigenvalue weighted by Crippen LogP contribution is 2.15. The molecule has 102 valence electrons. The monoisotopic (exact) mass is 292 g/mol. The molecule has 1 heterocycles. The predicted octanol–water partition coefficient (Wildman–Crippen LogP) is 1.42. The van der Waals surface area contributed by atoms with Crippen LogP contribution < -0.4 is 4.72 Å². The van der Waals surface area contributed by atoms with E-state index in [0.29, 0.717) is 6.42 Å². The van der Waals surface area contributed by atoms with Crippen LogP contribution in [0, 0.1) is 5.92 Å². The molecule has 1 aromatic rings. The molecule has 0 saturated carbocycles. The van der Waals surface area contributed by atoms with Crippen molar-refractivity contribution in [3.63, 3.8) is 0 Å². The minimum absolute atomic E-state index is 0.0670. The van der Waals surface area contributed by atoms with Gasteiger partial charge in [0.15, 0.2) is 0 Å². The zero-order chi connectivity index (χ0) is 13.8. The summed E-state index contributed by atoms with van der Waals surface area (Å²) >= 11 is 5.67. The second-order valence-electron chi connectivity index (χ2n) is 4.30. The van der Waals surface area contributed by atoms with Crippen LogP contribution in [0.25, 0.3) is 0 Å². The second kappa shape index (κ2) is 6.47. The van der Waals surface area contributed by atoms with Crippen LogP contribution in [0.1, 0.15) is 20.3 Å². The van der Waals surface area contributed by atoms with E-state index in [1.807, 2.05) is 13.8 Å². The molecule has 0 aromatic carbocycles. The third-order valence-electron chi connectivity index (χ3n) is 2.56. The number of aliphatic hydroxyl groups excluding tert-OH is 1. The Morgan fingerprint density at radius 2 is 2.17 bits per heavy atom. The Morgan fingerprint density at radius 3 is 2.67 bits per heavy atom. The molecule has 1 unspecified atom stereocenters. The number of halogens is 1. The Kier molecular flexibility index (Phi) is 5.52. The zero-order valence-corrected chi connectivity index (χ0v) is 11.9. The van der Waals surface area contributed by atoms with Crippen molar-refractivity contribution in [3.8, 4) is 0 Å². The molecule has 18 heavy (non-hydrogen) atoms. The number of aromatic nitrogens is 1. The SMILES string of the molecule is CC(C)C(CCO)NS(=O)(=O)c1ccnc(Cl)c1. The zero-order valence-electron chi connectivity index (χ0n) is 10.3. The van der Waals surface area contributed by atoms with Gasteiger partial charge in [-0.15, -0.1) is 0 Å². The number of hydrogen-bond acceptors (Lipinski definition) is 4. The highest BCUT2D eigenvalue weighted by molar-refractivity contribution is 7.89. The van der Waals surface area contributed by atoms with Gasteiger partial charge in [-0.2, -0.15) is 0 Å². The largest absolute Gasteiger partial charge is 0.396 e. The van der Waals surface area contributed by atoms with E-state index in [2.05, 4.69) is 9.71 Å². The van der Waals surface area contributed by atoms with Gasteiger partial charge in [-0.1, -0.05) is 25.4 Å². The summed E-state index contributed by atoms with van der Waals surface area (Å²) < 4.78 is 26.8. The molecule has 0 aliphatic carbocycles. The first-order valence-corrected chi connectivity index (χ1v) is 7.47. The molecule has 0 fully saturated rings. The Hall–Kier alpha value is -0.690. The Bertz CT molecular complexity index is 491. The molecular formula is C11H17ClN2O3S. The summed E-state index contributed by atoms with van der Waals surface area (Å²) in [5.74, 6) is 0.0873. The Labute approximate surface area is 112 Å². The van der Waals surface area contributed by atoms with E-state index in [1.165, 1.54) is 18.3 Å². The average Bonchev–Trinajstić information content (AvgIpc) is 2.28. The lowest BCUT2D eigenvalue weighted by atomic mass is 10.0. The molecule has 1 aromatic heterocycles. The third-order valence-corrected chi connectivity index (χ3v) is 4.25. The van der Waals surface area contributed by atoms with Crippen molar-refractivity contribution in [2.75, 3.05) is 6.61 Å². The van der Waals surface area contributed by atoms with Gasteiger partial charge in [0, 0.05) is 18.8 Å². The molecule has 7 heteroatoms. The number of nitrogens with one attached hydrogen (secondary N) is 1. The standard InChI is InChI=1S/C11H17ClN2O3S/c1-8(2)10(4-6-15)14-18(16,17)9-3-5-13-11(12)7-9/h3,5,7-8,10,14-15H,4,6H2,1-2H3. The normalized spacial score (nSPS) is 13.8. The number of rotatable bonds is 6. The third kappa shape index (κ3) is 4.20. The fourth-order valence-corrected chi connectivity index (χ4v) is 3.16. The fraction of sp³-hybridized carbons (Fsp3) is 0.545. The molecule has 0 amide bonds. The number of aliphatic hydroxyl groups is 1. The van der Waals surface area contributed by atoms with E-state index in [9.17, 15) is 8.42 Å². The van der Waals surface area contributed by atoms with E-state index < -0.39 is 10.0 Å². The summed E-state index contributed by atoms with van der Waals surface area (Å²) in [6, 6.07) is 2.36. The van der Waals surface area contributed by atoms with E-state index in [-0.39, 0.29) is 28.6 Å². The molecule has 0 radical (unpaired) electrons. The van der Waals surface area contributed by atoms with Gasteiger partial charge in [0.25, 0.3) is 0 Å². The van der Waals surface area contributed by atoms with Crippen LogP contribution in [0.3, 0.4) is 0 Å². The average molecular weight is 293 g/mol. The molecule has 5 nitrogen and oxygen atoms in total. The lowest BCUT2D eigenvalue weighted by Crippen LogP contribution is -2.39. The molecule has 0 aliphatic rings. The van der Waals surface area contributed by atoms with Crippen molar-refractivity contribution in [3.05, 3.63) is 23.5 Å². The van der Waals surface area contributed by atoms with Crippen LogP contribution in [0.2, 0.25) is 5.15 Å². The quantitative estimate of drug-likeness (QED) is 0.777. The summed E-state index contributed by atoms with van der Waals surface area (Å²) in [5.41, 5.74) is 0. The Balaban J connectivity index is 2.93. The van der Waals surface area contributed by atoms with E-state index in [4.69, 9.17) is 16.7 Å². The van der Waals surface area contributed by atoms with Crippen molar-refractivity contribution in [1.82, 2.24) is 9.71 Å². The summed E-state index contributed by atoms with van der Waals surface area (Å²) in [6.07, 6.45) is 1.71. The van der Waals surface area contributed by atoms with Gasteiger partial charge >= 0.3 is 0 Å². The van der Waals surface area contributed by atoms with Crippen molar-refractivity contribution < 1.29 is 13.5 Å². The maximum absolute atomic E-state index is 12.1. The summed E-state index contributed by atoms with van der Waals surface area (Å²) in [7, 11) is -3.63. The van der Waals surface area contributed by atoms with E-state index in [1.54, 1.807) is 0 Å². The van der Waals surface area contributed by atoms with Crippen LogP contribution in [0.15, 0.2) is 23.2 Å². The molecule has 0 aliphatic heterocycles. The lowest BCUT2D eigenvalue weighted by Gasteiger charge is -2.21. The minimum Gasteiger partial charge on any atom is -0.396 e. The van der Waals surface area contributed by atoms with Crippen LogP contribution in [-0.4, -0.2) is 31.2 Å². The van der Waals surface area contributed by atoms with E-state index in [0.717, 1.165) is 0 Å². The first-order chi connectivity index (χ1) is 8.36. The van der Waals surface area contributed by atoms with Gasteiger partial charge in [0.1, 0.15) is 5.15 Å². The van der Waals surface area contributed by atoms with Crippen LogP contribution in [0.4, 0.5) is 0 Å². The van der Waals surface area contributed by atoms with Gasteiger partial charge in [0.2, 0.25) is 10.0 Å². The van der Waals surface area contributed by atoms with Gasteiger partial charge in [0.05, 0.1) is 4.90 Å². The second-order valence-corrected chi connectivity index (χ2v) is 6.40. The molecular weight excluding hydrogens is 276 g/mol. The maximum Gasteiger partial charge on any atom is 0.240 e. The first kappa shape index (κ1) is 15.4. The molecule has 0 spiro atoms. The van der Waals surface area contributed by atoms with Gasteiger partial charge in [-0.3, -0.25) is 0 Å². The van der Waals surface area contributed by atoms with E-state index >= 15 is 0 Å². The molecule has 1 atom stereocenters. The maximum atomic E-state index is 12.1. The number of nitrogens with zero attached hydrogens (tertiary/aromatic N) is 1. The van der Waals surface area contributed by atoms with Crippen molar-refractivity contribution in [1.29, 1.82) is 0 Å². The summed E-state index contributed by atoms with van der Waals surface area (Å²) in [5, 5.41) is 9.06. The predicted molar refractivity (Wildman–Crippen MR) is 69.9 cm³/mol. The number of sulfonamides is 1. The summed E-state index contributed by atoms with van der Waals surface area (Å²) in [4.78, 5) is 3.81. The highest BCUT2D eigenvalue weighted by atomic mass is 35.5. The Morgan fingerprint density at radius 1 is 1.50 bits per heavy atom. The van der Waals surface area contributed by atoms with Crippen LogP contribution in [-0.2, 0) is 10.0 Å². The van der Waals surface area contributed by atoms with Crippen molar-refractivity contribution >= 4 is 21.6 Å². The van der Waals surface area contributed by atoms with Gasteiger partial charge < -0.3 is 5.11 Å². The molecule has 1 rings (SSSR count). The molecule has 0 saturated heterocycles. The van der Waals surface area contributed by atoms with Crippen molar-refractivity contribution in [2.45, 2.75) is 31.2 Å². The number of hydrogen-bond donors (Lipinski definition) is 2. The van der Waals surface area contributed by atoms with Gasteiger partial charge in [-0.05, 0) is 24.5 Å². The summed E-state index contributed by atoms with van der Waals surface area (Å²) in [6.45, 7) is 3.72. The van der Waals surface area contributed by atoms with Crippen LogP contribution in [0.5, 0.6) is 0 Å². The van der Waals surface area contributed by atoms with Crippen molar-refractivity contribution in [2.24, 2.45) is 5.92 Å². The lowest BCUT2D eigenvalue weighted by molar-refractivity contribution is 0.256. The minimum atomic E-state index is -3.63. The molecule has 2 N–H and O–H groups in total. The smallest absolute Gasteiger partial charge is 0.240 e. The van der Waals surface area contributed by atoms with Crippen LogP contribution >= 0.6 is 11.6 Å². The topological polar surface area (TPSA) is 79.3 Å². The van der Waals surface area contributed by atoms with Gasteiger partial charge in [-0.25, -0.2) is 18.1 Å². The first-order valence-electron chi connectivity index (χ1n) is 5.61. The molecule has 0 bridgehead atoms. The highest BCUT2D eigenvalue weighted by Gasteiger charge is 2.22. The fourth-order valence-electron chi connectivity index (χ4n) is 1.49.